The molecule has 3 aromatic carbocycles. The number of sulfonamides is 1. The maximum Gasteiger partial charge on any atom is 0.264 e. The lowest BCUT2D eigenvalue weighted by atomic mass is 10.0. The van der Waals surface area contributed by atoms with Gasteiger partial charge in [0.15, 0.2) is 0 Å². The number of benzene rings is 3. The lowest BCUT2D eigenvalue weighted by Crippen LogP contribution is -2.35. The van der Waals surface area contributed by atoms with Crippen LogP contribution in [0.2, 0.25) is 0 Å². The summed E-state index contributed by atoms with van der Waals surface area (Å²) >= 11 is 0. The summed E-state index contributed by atoms with van der Waals surface area (Å²) in [4.78, 5) is 12.5. The Bertz CT molecular complexity index is 1310. The molecule has 1 amide bonds. The molecule has 6 nitrogen and oxygen atoms in total. The number of rotatable bonds is 5. The number of fused-ring (bicyclic) bond motifs is 1. The fourth-order valence-corrected chi connectivity index (χ4v) is 5.21. The van der Waals surface area contributed by atoms with Gasteiger partial charge in [-0.3, -0.25) is 9.10 Å². The second-order valence-electron chi connectivity index (χ2n) is 7.40. The number of ether oxygens (including phenoxy) is 1. The summed E-state index contributed by atoms with van der Waals surface area (Å²) in [7, 11) is -2.75. The second-order valence-corrected chi connectivity index (χ2v) is 9.26. The molecule has 1 aliphatic heterocycles. The van der Waals surface area contributed by atoms with E-state index in [-0.39, 0.29) is 22.9 Å². The number of nitrogens with one attached hydrogen (secondary N) is 1. The molecule has 172 valence electrons. The number of methoxy groups -OCH3 is 1. The molecule has 3 aromatic rings. The monoisotopic (exact) mass is 476 g/mol. The topological polar surface area (TPSA) is 75.7 Å². The van der Waals surface area contributed by atoms with Crippen LogP contribution in [-0.4, -0.2) is 28.0 Å². The Labute approximate surface area is 188 Å². The molecule has 4 rings (SSSR count). The highest BCUT2D eigenvalue weighted by molar-refractivity contribution is 7.92. The number of hydrogen-bond donors (Lipinski definition) is 1. The maximum absolute atomic E-state index is 14.3. The Balaban J connectivity index is 1.67. The SMILES string of the molecule is COc1cc(F)c(C(=O)Nc2ccc3c(c2)N(S(=O)(=O)c2ccc(F)cc2)CCC3)c(F)c1. The molecule has 1 heterocycles. The Kier molecular flexibility index (Phi) is 6.03. The minimum Gasteiger partial charge on any atom is -0.497 e. The van der Waals surface area contributed by atoms with Crippen molar-refractivity contribution in [2.24, 2.45) is 0 Å². The highest BCUT2D eigenvalue weighted by atomic mass is 32.2. The van der Waals surface area contributed by atoms with Crippen molar-refractivity contribution in [2.45, 2.75) is 17.7 Å². The van der Waals surface area contributed by atoms with Gasteiger partial charge in [-0.1, -0.05) is 6.07 Å². The highest BCUT2D eigenvalue weighted by Crippen LogP contribution is 2.34. The lowest BCUT2D eigenvalue weighted by Gasteiger charge is -2.31. The summed E-state index contributed by atoms with van der Waals surface area (Å²) in [6.45, 7) is 0.186. The molecule has 0 bridgehead atoms. The van der Waals surface area contributed by atoms with Gasteiger partial charge in [0.25, 0.3) is 15.9 Å². The smallest absolute Gasteiger partial charge is 0.264 e. The minimum absolute atomic E-state index is 0.0722. The van der Waals surface area contributed by atoms with Gasteiger partial charge in [-0.25, -0.2) is 21.6 Å². The number of aryl methyl sites for hydroxylation is 1. The second kappa shape index (κ2) is 8.78. The average molecular weight is 476 g/mol. The van der Waals surface area contributed by atoms with Gasteiger partial charge in [-0.05, 0) is 54.8 Å². The van der Waals surface area contributed by atoms with Crippen LogP contribution in [0.3, 0.4) is 0 Å². The first-order chi connectivity index (χ1) is 15.7. The molecule has 0 atom stereocenters. The first-order valence-corrected chi connectivity index (χ1v) is 11.4. The molecule has 0 saturated carbocycles. The molecular weight excluding hydrogens is 457 g/mol. The van der Waals surface area contributed by atoms with E-state index in [0.717, 1.165) is 29.8 Å². The molecule has 1 aliphatic rings. The third-order valence-corrected chi connectivity index (χ3v) is 7.13. The Morgan fingerprint density at radius 2 is 1.67 bits per heavy atom. The molecule has 0 aliphatic carbocycles. The molecule has 0 aromatic heterocycles. The number of carbonyl (C=O) groups excluding carboxylic acids is 1. The van der Waals surface area contributed by atoms with E-state index in [9.17, 15) is 26.4 Å². The fourth-order valence-electron chi connectivity index (χ4n) is 3.68. The van der Waals surface area contributed by atoms with E-state index in [1.54, 1.807) is 6.07 Å². The van der Waals surface area contributed by atoms with Crippen LogP contribution in [0.25, 0.3) is 0 Å². The first kappa shape index (κ1) is 22.7. The largest absolute Gasteiger partial charge is 0.497 e. The standard InChI is InChI=1S/C23H19F3N2O4S/c1-32-17-12-19(25)22(20(26)13-17)23(29)27-16-7-4-14-3-2-10-28(21(14)11-16)33(30,31)18-8-5-15(24)6-9-18/h4-9,11-13H,2-3,10H2,1H3,(H,27,29). The number of halogens is 3. The summed E-state index contributed by atoms with van der Waals surface area (Å²) < 4.78 is 74.1. The minimum atomic E-state index is -3.99. The van der Waals surface area contributed by atoms with Crippen LogP contribution < -0.4 is 14.4 Å². The van der Waals surface area contributed by atoms with Crippen molar-refractivity contribution in [1.82, 2.24) is 0 Å². The van der Waals surface area contributed by atoms with Crippen LogP contribution in [0.1, 0.15) is 22.3 Å². The van der Waals surface area contributed by atoms with E-state index < -0.39 is 38.9 Å². The molecule has 0 unspecified atom stereocenters. The van der Waals surface area contributed by atoms with Crippen LogP contribution >= 0.6 is 0 Å². The molecule has 10 heteroatoms. The zero-order valence-electron chi connectivity index (χ0n) is 17.4. The molecule has 0 saturated heterocycles. The molecule has 0 fully saturated rings. The summed E-state index contributed by atoms with van der Waals surface area (Å²) in [6.07, 6.45) is 1.18. The number of anilines is 2. The fraction of sp³-hybridized carbons (Fsp3) is 0.174. The van der Waals surface area contributed by atoms with Crippen LogP contribution in [0, 0.1) is 17.5 Å². The van der Waals surface area contributed by atoms with Gasteiger partial charge in [-0.15, -0.1) is 0 Å². The quantitative estimate of drug-likeness (QED) is 0.588. The van der Waals surface area contributed by atoms with E-state index in [1.165, 1.54) is 35.7 Å². The molecule has 33 heavy (non-hydrogen) atoms. The summed E-state index contributed by atoms with van der Waals surface area (Å²) in [5.41, 5.74) is 0.435. The zero-order valence-corrected chi connectivity index (χ0v) is 18.3. The van der Waals surface area contributed by atoms with E-state index in [2.05, 4.69) is 5.32 Å². The van der Waals surface area contributed by atoms with Crippen molar-refractivity contribution in [1.29, 1.82) is 0 Å². The molecule has 1 N–H and O–H groups in total. The van der Waals surface area contributed by atoms with E-state index in [1.807, 2.05) is 0 Å². The number of hydrogen-bond acceptors (Lipinski definition) is 4. The van der Waals surface area contributed by atoms with Crippen molar-refractivity contribution < 1.29 is 31.1 Å². The summed E-state index contributed by atoms with van der Waals surface area (Å²) in [6, 6.07) is 10.9. The van der Waals surface area contributed by atoms with E-state index >= 15 is 0 Å². The van der Waals surface area contributed by atoms with Crippen LogP contribution in [0.4, 0.5) is 24.5 Å². The number of amides is 1. The average Bonchev–Trinajstić information content (AvgIpc) is 2.78. The van der Waals surface area contributed by atoms with Gasteiger partial charge >= 0.3 is 0 Å². The lowest BCUT2D eigenvalue weighted by molar-refractivity contribution is 0.101. The number of carbonyl (C=O) groups is 1. The van der Waals surface area contributed by atoms with Gasteiger partial charge in [0, 0.05) is 24.4 Å². The van der Waals surface area contributed by atoms with Gasteiger partial charge in [0.05, 0.1) is 17.7 Å². The zero-order chi connectivity index (χ0) is 23.8. The van der Waals surface area contributed by atoms with Crippen LogP contribution in [0.5, 0.6) is 5.75 Å². The van der Waals surface area contributed by atoms with Crippen LogP contribution in [-0.2, 0) is 16.4 Å². The van der Waals surface area contributed by atoms with Crippen molar-refractivity contribution in [3.8, 4) is 5.75 Å². The molecule has 0 radical (unpaired) electrons. The van der Waals surface area contributed by atoms with Crippen molar-refractivity contribution in [2.75, 3.05) is 23.3 Å². The van der Waals surface area contributed by atoms with Crippen molar-refractivity contribution in [3.63, 3.8) is 0 Å². The molecule has 0 spiro atoms. The van der Waals surface area contributed by atoms with Gasteiger partial charge in [0.2, 0.25) is 0 Å². The predicted molar refractivity (Wildman–Crippen MR) is 117 cm³/mol. The Morgan fingerprint density at radius 1 is 1.00 bits per heavy atom. The third-order valence-electron chi connectivity index (χ3n) is 5.30. The highest BCUT2D eigenvalue weighted by Gasteiger charge is 2.30. The van der Waals surface area contributed by atoms with Crippen LogP contribution in [0.15, 0.2) is 59.5 Å². The molecular formula is C23H19F3N2O4S. The first-order valence-electron chi connectivity index (χ1n) is 9.96. The van der Waals surface area contributed by atoms with Gasteiger partial charge < -0.3 is 10.1 Å². The van der Waals surface area contributed by atoms with Gasteiger partial charge in [0.1, 0.15) is 28.8 Å². The maximum atomic E-state index is 14.3. The van der Waals surface area contributed by atoms with E-state index in [4.69, 9.17) is 4.74 Å². The van der Waals surface area contributed by atoms with Crippen molar-refractivity contribution >= 4 is 27.3 Å². The Hall–Kier alpha value is -3.53. The van der Waals surface area contributed by atoms with Crippen molar-refractivity contribution in [3.05, 3.63) is 83.2 Å². The Morgan fingerprint density at radius 3 is 2.30 bits per heavy atom. The summed E-state index contributed by atoms with van der Waals surface area (Å²) in [5.74, 6) is -3.85. The normalized spacial score (nSPS) is 13.4. The van der Waals surface area contributed by atoms with E-state index in [0.29, 0.717) is 18.5 Å². The summed E-state index contributed by atoms with van der Waals surface area (Å²) in [5, 5.41) is 2.42. The third kappa shape index (κ3) is 4.38. The number of nitrogens with zero attached hydrogens (tertiary/aromatic N) is 1. The van der Waals surface area contributed by atoms with Gasteiger partial charge in [-0.2, -0.15) is 0 Å². The predicted octanol–water partition coefficient (Wildman–Crippen LogP) is 4.51.